The van der Waals surface area contributed by atoms with E-state index in [1.807, 2.05) is 41.4 Å². The Kier molecular flexibility index (Phi) is 3.64. The van der Waals surface area contributed by atoms with Crippen LogP contribution >= 0.6 is 0 Å². The number of para-hydroxylation sites is 2. The molecule has 0 saturated carbocycles. The third-order valence-corrected chi connectivity index (χ3v) is 3.89. The number of H-pyrrole nitrogens is 1. The topological polar surface area (TPSA) is 73.3 Å². The first-order valence-electron chi connectivity index (χ1n) is 7.60. The van der Waals surface area contributed by atoms with Crippen molar-refractivity contribution in [2.45, 2.75) is 6.54 Å². The van der Waals surface area contributed by atoms with Gasteiger partial charge < -0.3 is 9.31 Å². The van der Waals surface area contributed by atoms with Crippen molar-refractivity contribution in [3.8, 4) is 11.5 Å². The van der Waals surface area contributed by atoms with Gasteiger partial charge in [0.05, 0.1) is 12.7 Å². The summed E-state index contributed by atoms with van der Waals surface area (Å²) in [7, 11) is -0.528. The number of rotatable bonds is 3. The second-order valence-electron chi connectivity index (χ2n) is 5.62. The van der Waals surface area contributed by atoms with Crippen molar-refractivity contribution in [2.24, 2.45) is 0 Å². The highest BCUT2D eigenvalue weighted by molar-refractivity contribution is 6.63. The van der Waals surface area contributed by atoms with Crippen LogP contribution in [0.4, 0.5) is 4.39 Å². The van der Waals surface area contributed by atoms with Crippen LogP contribution in [0.2, 0.25) is 0 Å². The molecule has 0 spiro atoms. The van der Waals surface area contributed by atoms with Gasteiger partial charge in [0.1, 0.15) is 11.5 Å². The average molecular weight is 338 g/mol. The summed E-state index contributed by atoms with van der Waals surface area (Å²) < 4.78 is 25.9. The van der Waals surface area contributed by atoms with Gasteiger partial charge in [0, 0.05) is 5.46 Å². The zero-order valence-corrected chi connectivity index (χ0v) is 12.9. The average Bonchev–Trinajstić information content (AvgIpc) is 3.04. The molecule has 1 aliphatic heterocycles. The Morgan fingerprint density at radius 1 is 1.00 bits per heavy atom. The first kappa shape index (κ1) is 15.3. The molecule has 4 rings (SSSR count). The van der Waals surface area contributed by atoms with Crippen LogP contribution in [-0.2, 0) is 6.54 Å². The molecule has 2 aromatic carbocycles. The molecule has 25 heavy (non-hydrogen) atoms. The quantitative estimate of drug-likeness (QED) is 0.720. The summed E-state index contributed by atoms with van der Waals surface area (Å²) in [6.07, 6.45) is 0.898. The summed E-state index contributed by atoms with van der Waals surface area (Å²) in [4.78, 5) is 24.7. The lowest BCUT2D eigenvalue weighted by atomic mass is 9.79. The van der Waals surface area contributed by atoms with Crippen LogP contribution in [0.1, 0.15) is 5.56 Å². The lowest BCUT2D eigenvalue weighted by Gasteiger charge is -2.08. The Labute approximate surface area is 141 Å². The summed E-state index contributed by atoms with van der Waals surface area (Å²) in [6, 6.07) is 14.6. The van der Waals surface area contributed by atoms with E-state index in [-0.39, 0.29) is 6.54 Å². The summed E-state index contributed by atoms with van der Waals surface area (Å²) in [5, 5.41) is 0. The Balaban J connectivity index is 1.53. The highest BCUT2D eigenvalue weighted by Crippen LogP contribution is 2.32. The summed E-state index contributed by atoms with van der Waals surface area (Å²) in [6.45, 7) is 0.138. The maximum absolute atomic E-state index is 13.3. The van der Waals surface area contributed by atoms with E-state index in [4.69, 9.17) is 9.31 Å². The number of fused-ring (bicyclic) bond motifs is 1. The van der Waals surface area contributed by atoms with E-state index in [2.05, 4.69) is 0 Å². The van der Waals surface area contributed by atoms with E-state index in [1.54, 1.807) is 12.1 Å². The zero-order valence-electron chi connectivity index (χ0n) is 12.9. The molecule has 0 aliphatic carbocycles. The Hall–Kier alpha value is -3.29. The van der Waals surface area contributed by atoms with Crippen LogP contribution in [0.5, 0.6) is 11.5 Å². The second kappa shape index (κ2) is 5.97. The molecule has 1 N–H and O–H groups in total. The molecule has 0 amide bonds. The summed E-state index contributed by atoms with van der Waals surface area (Å²) in [5.41, 5.74) is -0.0900. The molecule has 0 unspecified atom stereocenters. The van der Waals surface area contributed by atoms with Crippen molar-refractivity contribution >= 4 is 12.6 Å². The number of aromatic amines is 1. The van der Waals surface area contributed by atoms with Crippen LogP contribution in [0.25, 0.3) is 0 Å². The predicted octanol–water partition coefficient (Wildman–Crippen LogP) is 0.891. The van der Waals surface area contributed by atoms with Gasteiger partial charge in [0.2, 0.25) is 5.82 Å². The van der Waals surface area contributed by atoms with E-state index < -0.39 is 24.2 Å². The van der Waals surface area contributed by atoms with Crippen molar-refractivity contribution in [1.29, 1.82) is 0 Å². The van der Waals surface area contributed by atoms with Gasteiger partial charge in [0.25, 0.3) is 5.56 Å². The molecule has 8 heteroatoms. The molecular formula is C17H12BFN2O4. The number of benzene rings is 2. The highest BCUT2D eigenvalue weighted by Gasteiger charge is 2.33. The molecule has 0 saturated heterocycles. The van der Waals surface area contributed by atoms with Crippen LogP contribution in [0.3, 0.4) is 0 Å². The molecule has 124 valence electrons. The van der Waals surface area contributed by atoms with Gasteiger partial charge >= 0.3 is 12.8 Å². The third-order valence-electron chi connectivity index (χ3n) is 3.89. The van der Waals surface area contributed by atoms with Gasteiger partial charge in [-0.25, -0.2) is 4.79 Å². The van der Waals surface area contributed by atoms with Crippen molar-refractivity contribution in [2.75, 3.05) is 0 Å². The predicted molar refractivity (Wildman–Crippen MR) is 89.9 cm³/mol. The zero-order chi connectivity index (χ0) is 17.4. The largest absolute Gasteiger partial charge is 0.632 e. The standard InChI is InChI=1S/C17H12BFN2O4/c19-13-10-21(17(23)20-16(13)22)9-11-5-7-12(8-6-11)18-24-14-3-1-2-4-15(14)25-18/h1-8,10H,9H2,(H,20,22,23). The number of hydrogen-bond donors (Lipinski definition) is 1. The van der Waals surface area contributed by atoms with E-state index in [0.29, 0.717) is 11.5 Å². The van der Waals surface area contributed by atoms with Crippen molar-refractivity contribution < 1.29 is 13.7 Å². The van der Waals surface area contributed by atoms with Crippen molar-refractivity contribution in [1.82, 2.24) is 9.55 Å². The van der Waals surface area contributed by atoms with Gasteiger partial charge in [-0.15, -0.1) is 0 Å². The van der Waals surface area contributed by atoms with Crippen LogP contribution in [0, 0.1) is 5.82 Å². The van der Waals surface area contributed by atoms with Gasteiger partial charge in [0.15, 0.2) is 0 Å². The molecule has 0 bridgehead atoms. The molecular weight excluding hydrogens is 326 g/mol. The molecule has 6 nitrogen and oxygen atoms in total. The van der Waals surface area contributed by atoms with Crippen LogP contribution in [0.15, 0.2) is 64.3 Å². The number of aromatic nitrogens is 2. The minimum Gasteiger partial charge on any atom is -0.519 e. The molecule has 1 aliphatic rings. The van der Waals surface area contributed by atoms with Gasteiger partial charge in [-0.1, -0.05) is 36.4 Å². The third kappa shape index (κ3) is 2.94. The molecule has 0 atom stereocenters. The number of nitrogens with zero attached hydrogens (tertiary/aromatic N) is 1. The highest BCUT2D eigenvalue weighted by atomic mass is 19.1. The minimum atomic E-state index is -1.02. The van der Waals surface area contributed by atoms with E-state index in [1.165, 1.54) is 0 Å². The lowest BCUT2D eigenvalue weighted by Crippen LogP contribution is -2.39. The fraction of sp³-hybridized carbons (Fsp3) is 0.0588. The Bertz CT molecular complexity index is 1020. The monoisotopic (exact) mass is 338 g/mol. The van der Waals surface area contributed by atoms with E-state index in [0.717, 1.165) is 21.8 Å². The normalized spacial score (nSPS) is 12.4. The Morgan fingerprint density at radius 3 is 2.28 bits per heavy atom. The van der Waals surface area contributed by atoms with Crippen molar-refractivity contribution in [3.05, 3.63) is 86.9 Å². The fourth-order valence-corrected chi connectivity index (χ4v) is 2.61. The summed E-state index contributed by atoms with van der Waals surface area (Å²) in [5.74, 6) is 0.375. The number of hydrogen-bond acceptors (Lipinski definition) is 4. The minimum absolute atomic E-state index is 0.138. The first-order valence-corrected chi connectivity index (χ1v) is 7.60. The molecule has 3 aromatic rings. The molecule has 0 fully saturated rings. The number of nitrogens with one attached hydrogen (secondary N) is 1. The first-order chi connectivity index (χ1) is 12.1. The smallest absolute Gasteiger partial charge is 0.519 e. The van der Waals surface area contributed by atoms with Crippen LogP contribution in [-0.4, -0.2) is 16.7 Å². The lowest BCUT2D eigenvalue weighted by molar-refractivity contribution is 0.519. The van der Waals surface area contributed by atoms with Gasteiger partial charge in [-0.3, -0.25) is 14.3 Å². The van der Waals surface area contributed by atoms with Crippen molar-refractivity contribution in [3.63, 3.8) is 0 Å². The second-order valence-corrected chi connectivity index (χ2v) is 5.62. The Morgan fingerprint density at radius 2 is 1.64 bits per heavy atom. The van der Waals surface area contributed by atoms with Gasteiger partial charge in [-0.05, 0) is 17.7 Å². The van der Waals surface area contributed by atoms with Crippen LogP contribution < -0.4 is 26.0 Å². The van der Waals surface area contributed by atoms with Gasteiger partial charge in [-0.2, -0.15) is 4.39 Å². The fourth-order valence-electron chi connectivity index (χ4n) is 2.61. The molecule has 0 radical (unpaired) electrons. The maximum Gasteiger partial charge on any atom is 0.632 e. The SMILES string of the molecule is O=c1[nH]c(=O)n(Cc2ccc(B3Oc4ccccc4O3)cc2)cc1F. The van der Waals surface area contributed by atoms with E-state index >= 15 is 0 Å². The van der Waals surface area contributed by atoms with E-state index in [9.17, 15) is 14.0 Å². The molecule has 2 heterocycles. The maximum atomic E-state index is 13.3. The molecule has 1 aromatic heterocycles. The summed E-state index contributed by atoms with van der Waals surface area (Å²) >= 11 is 0. The number of halogens is 1.